The van der Waals surface area contributed by atoms with E-state index in [1.54, 1.807) is 48.6 Å². The molecular weight excluding hydrogens is 358 g/mol. The zero-order valence-electron chi connectivity index (χ0n) is 13.1. The third-order valence-corrected chi connectivity index (χ3v) is 4.51. The highest BCUT2D eigenvalue weighted by Gasteiger charge is 2.36. The van der Waals surface area contributed by atoms with Gasteiger partial charge in [-0.1, -0.05) is 42.5 Å². The number of imide groups is 1. The van der Waals surface area contributed by atoms with Gasteiger partial charge in [-0.3, -0.25) is 9.59 Å². The Bertz CT molecular complexity index is 861. The van der Waals surface area contributed by atoms with Crippen molar-refractivity contribution in [3.05, 3.63) is 76.7 Å². The van der Waals surface area contributed by atoms with E-state index in [0.29, 0.717) is 28.0 Å². The average Bonchev–Trinajstić information content (AvgIpc) is 2.88. The average molecular weight is 372 g/mol. The quantitative estimate of drug-likeness (QED) is 0.539. The van der Waals surface area contributed by atoms with Crippen molar-refractivity contribution in [1.82, 2.24) is 0 Å². The molecule has 126 valence electrons. The van der Waals surface area contributed by atoms with Crippen LogP contribution >= 0.6 is 23.4 Å². The molecule has 6 heteroatoms. The Labute approximate surface area is 154 Å². The molecule has 0 aromatic heterocycles. The van der Waals surface area contributed by atoms with Crippen LogP contribution in [-0.2, 0) is 4.79 Å². The summed E-state index contributed by atoms with van der Waals surface area (Å²) in [5.74, 6) is 0.355. The summed E-state index contributed by atoms with van der Waals surface area (Å²) in [4.78, 5) is 26.3. The molecule has 1 aliphatic heterocycles. The predicted octanol–water partition coefficient (Wildman–Crippen LogP) is 5.15. The Kier molecular flexibility index (Phi) is 5.26. The second kappa shape index (κ2) is 7.59. The molecule has 0 aliphatic carbocycles. The zero-order chi connectivity index (χ0) is 17.8. The van der Waals surface area contributed by atoms with Crippen molar-refractivity contribution in [1.29, 1.82) is 0 Å². The molecule has 0 N–H and O–H groups in total. The van der Waals surface area contributed by atoms with Crippen molar-refractivity contribution in [3.8, 4) is 5.75 Å². The third kappa shape index (κ3) is 3.95. The highest BCUT2D eigenvalue weighted by molar-refractivity contribution is 8.19. The summed E-state index contributed by atoms with van der Waals surface area (Å²) in [5, 5.41) is 0.125. The van der Waals surface area contributed by atoms with Crippen LogP contribution in [0.25, 0.3) is 6.08 Å². The Hall–Kier alpha value is -2.50. The Morgan fingerprint density at radius 3 is 2.60 bits per heavy atom. The number of rotatable bonds is 5. The number of hydrogen-bond donors (Lipinski definition) is 0. The minimum atomic E-state index is -0.357. The number of amides is 2. The summed E-state index contributed by atoms with van der Waals surface area (Å²) in [5.41, 5.74) is 1.27. The van der Waals surface area contributed by atoms with Crippen LogP contribution in [0.5, 0.6) is 5.75 Å². The molecule has 0 bridgehead atoms. The molecule has 0 spiro atoms. The summed E-state index contributed by atoms with van der Waals surface area (Å²) >= 11 is 6.85. The molecule has 1 aliphatic rings. The van der Waals surface area contributed by atoms with Crippen molar-refractivity contribution in [3.63, 3.8) is 0 Å². The summed E-state index contributed by atoms with van der Waals surface area (Å²) in [6.07, 6.45) is 3.35. The van der Waals surface area contributed by atoms with Crippen LogP contribution in [0, 0.1) is 0 Å². The molecule has 1 fully saturated rings. The molecule has 1 heterocycles. The van der Waals surface area contributed by atoms with E-state index >= 15 is 0 Å². The first-order chi connectivity index (χ1) is 12.1. The highest BCUT2D eigenvalue weighted by atomic mass is 35.5. The number of nitrogens with zero attached hydrogens (tertiary/aromatic N) is 1. The molecule has 3 rings (SSSR count). The van der Waals surface area contributed by atoms with Crippen LogP contribution in [0.4, 0.5) is 10.5 Å². The minimum Gasteiger partial charge on any atom is -0.490 e. The van der Waals surface area contributed by atoms with Crippen molar-refractivity contribution in [2.75, 3.05) is 11.5 Å². The van der Waals surface area contributed by atoms with Gasteiger partial charge < -0.3 is 4.74 Å². The third-order valence-electron chi connectivity index (χ3n) is 3.41. The first-order valence-electron chi connectivity index (χ1n) is 7.46. The molecule has 2 amide bonds. The maximum Gasteiger partial charge on any atom is 0.298 e. The molecular formula is C19H14ClNO3S. The smallest absolute Gasteiger partial charge is 0.298 e. The Morgan fingerprint density at radius 1 is 1.16 bits per heavy atom. The van der Waals surface area contributed by atoms with Crippen LogP contribution < -0.4 is 9.64 Å². The molecule has 2 aromatic rings. The lowest BCUT2D eigenvalue weighted by Crippen LogP contribution is -2.27. The second-order valence-electron chi connectivity index (χ2n) is 5.17. The van der Waals surface area contributed by atoms with E-state index in [4.69, 9.17) is 16.3 Å². The number of hydrogen-bond acceptors (Lipinski definition) is 4. The normalized spacial score (nSPS) is 15.7. The van der Waals surface area contributed by atoms with Crippen LogP contribution in [0.3, 0.4) is 0 Å². The molecule has 0 atom stereocenters. The molecule has 2 aromatic carbocycles. The molecule has 0 unspecified atom stereocenters. The molecule has 4 nitrogen and oxygen atoms in total. The second-order valence-corrected chi connectivity index (χ2v) is 6.60. The maximum atomic E-state index is 12.6. The summed E-state index contributed by atoms with van der Waals surface area (Å²) in [6, 6.07) is 13.9. The van der Waals surface area contributed by atoms with E-state index in [2.05, 4.69) is 6.58 Å². The molecule has 0 radical (unpaired) electrons. The van der Waals surface area contributed by atoms with E-state index in [9.17, 15) is 9.59 Å². The lowest BCUT2D eigenvalue weighted by molar-refractivity contribution is -0.113. The summed E-state index contributed by atoms with van der Waals surface area (Å²) in [6.45, 7) is 4.02. The first-order valence-corrected chi connectivity index (χ1v) is 8.65. The van der Waals surface area contributed by atoms with Crippen LogP contribution in [-0.4, -0.2) is 17.8 Å². The minimum absolute atomic E-state index is 0.343. The van der Waals surface area contributed by atoms with E-state index in [1.807, 2.05) is 12.1 Å². The lowest BCUT2D eigenvalue weighted by Gasteiger charge is -2.12. The van der Waals surface area contributed by atoms with Crippen LogP contribution in [0.15, 0.2) is 66.1 Å². The molecule has 0 saturated carbocycles. The fourth-order valence-electron chi connectivity index (χ4n) is 2.27. The lowest BCUT2D eigenvalue weighted by atomic mass is 10.2. The molecule has 1 saturated heterocycles. The fraction of sp³-hybridized carbons (Fsp3) is 0.0526. The van der Waals surface area contributed by atoms with E-state index in [0.717, 1.165) is 22.2 Å². The van der Waals surface area contributed by atoms with Gasteiger partial charge in [-0.05, 0) is 53.7 Å². The summed E-state index contributed by atoms with van der Waals surface area (Å²) < 4.78 is 5.42. The number of anilines is 1. The van der Waals surface area contributed by atoms with Crippen molar-refractivity contribution < 1.29 is 14.3 Å². The topological polar surface area (TPSA) is 46.6 Å². The van der Waals surface area contributed by atoms with Gasteiger partial charge in [0, 0.05) is 5.02 Å². The monoisotopic (exact) mass is 371 g/mol. The van der Waals surface area contributed by atoms with Crippen LogP contribution in [0.2, 0.25) is 5.02 Å². The molecule has 25 heavy (non-hydrogen) atoms. The van der Waals surface area contributed by atoms with Gasteiger partial charge in [-0.15, -0.1) is 0 Å². The number of ether oxygens (including phenoxy) is 1. The van der Waals surface area contributed by atoms with E-state index in [-0.39, 0.29) is 11.1 Å². The van der Waals surface area contributed by atoms with Gasteiger partial charge in [0.1, 0.15) is 12.4 Å². The number of carbonyl (C=O) groups is 2. The predicted molar refractivity (Wildman–Crippen MR) is 102 cm³/mol. The fourth-order valence-corrected chi connectivity index (χ4v) is 3.30. The van der Waals surface area contributed by atoms with Gasteiger partial charge in [0.2, 0.25) is 0 Å². The van der Waals surface area contributed by atoms with Crippen molar-refractivity contribution in [2.45, 2.75) is 0 Å². The van der Waals surface area contributed by atoms with Gasteiger partial charge in [0.25, 0.3) is 11.1 Å². The largest absolute Gasteiger partial charge is 0.490 e. The van der Waals surface area contributed by atoms with Crippen LogP contribution in [0.1, 0.15) is 5.56 Å². The van der Waals surface area contributed by atoms with Gasteiger partial charge in [0.15, 0.2) is 0 Å². The SMILES string of the molecule is C=CCOc1ccc(/C=C2\SC(=O)N(c3cccc(Cl)c3)C2=O)cc1. The number of thioether (sulfide) groups is 1. The van der Waals surface area contributed by atoms with Gasteiger partial charge in [-0.2, -0.15) is 0 Å². The highest BCUT2D eigenvalue weighted by Crippen LogP contribution is 2.36. The van der Waals surface area contributed by atoms with E-state index < -0.39 is 0 Å². The Morgan fingerprint density at radius 2 is 1.92 bits per heavy atom. The Balaban J connectivity index is 1.81. The van der Waals surface area contributed by atoms with Gasteiger partial charge in [0.05, 0.1) is 10.6 Å². The van der Waals surface area contributed by atoms with E-state index in [1.165, 1.54) is 0 Å². The number of benzene rings is 2. The standard InChI is InChI=1S/C19H14ClNO3S/c1-2-10-24-16-8-6-13(7-9-16)11-17-18(22)21(19(23)25-17)15-5-3-4-14(20)12-15/h2-9,11-12H,1,10H2/b17-11-. The maximum absolute atomic E-state index is 12.6. The van der Waals surface area contributed by atoms with Gasteiger partial charge in [-0.25, -0.2) is 4.90 Å². The summed E-state index contributed by atoms with van der Waals surface area (Å²) in [7, 11) is 0. The van der Waals surface area contributed by atoms with Crippen molar-refractivity contribution in [2.24, 2.45) is 0 Å². The first kappa shape index (κ1) is 17.3. The zero-order valence-corrected chi connectivity index (χ0v) is 14.7. The van der Waals surface area contributed by atoms with Crippen molar-refractivity contribution >= 4 is 46.3 Å². The van der Waals surface area contributed by atoms with Gasteiger partial charge >= 0.3 is 0 Å². The number of halogens is 1. The number of carbonyl (C=O) groups excluding carboxylic acids is 2.